The fourth-order valence-corrected chi connectivity index (χ4v) is 7.80. The Morgan fingerprint density at radius 3 is 1.89 bits per heavy atom. The average molecular weight is 625 g/mol. The highest BCUT2D eigenvalue weighted by molar-refractivity contribution is 6.11. The molecule has 1 unspecified atom stereocenters. The van der Waals surface area contributed by atoms with Crippen molar-refractivity contribution >= 4 is 17.3 Å². The van der Waals surface area contributed by atoms with E-state index in [-0.39, 0.29) is 18.0 Å². The molecule has 7 nitrogen and oxygen atoms in total. The zero-order valence-electron chi connectivity index (χ0n) is 27.1. The second-order valence-corrected chi connectivity index (χ2v) is 13.6. The van der Waals surface area contributed by atoms with Crippen molar-refractivity contribution in [1.82, 2.24) is 0 Å². The van der Waals surface area contributed by atoms with Crippen molar-refractivity contribution in [3.63, 3.8) is 0 Å². The van der Waals surface area contributed by atoms with Crippen LogP contribution >= 0.6 is 0 Å². The number of Topliss-reactive ketones (excluding diaryl/α,β-unsaturated/α-hetero) is 1. The number of morpholine rings is 1. The molecular formula is C39H48N2O5. The normalized spacial score (nSPS) is 20.9. The molecule has 3 aromatic rings. The van der Waals surface area contributed by atoms with E-state index >= 15 is 0 Å². The summed E-state index contributed by atoms with van der Waals surface area (Å²) in [5.41, 5.74) is 8.12. The van der Waals surface area contributed by atoms with Crippen LogP contribution in [0.25, 0.3) is 0 Å². The fourth-order valence-electron chi connectivity index (χ4n) is 7.80. The minimum atomic E-state index is -1.61. The van der Waals surface area contributed by atoms with Crippen LogP contribution in [0.5, 0.6) is 0 Å². The van der Waals surface area contributed by atoms with E-state index in [2.05, 4.69) is 4.90 Å². The van der Waals surface area contributed by atoms with Gasteiger partial charge >= 0.3 is 0 Å². The lowest BCUT2D eigenvalue weighted by Gasteiger charge is -2.36. The van der Waals surface area contributed by atoms with Crippen molar-refractivity contribution in [1.29, 1.82) is 0 Å². The first kappa shape index (κ1) is 32.6. The summed E-state index contributed by atoms with van der Waals surface area (Å²) in [4.78, 5) is 30.6. The predicted octanol–water partition coefficient (Wildman–Crippen LogP) is 6.24. The molecule has 244 valence electrons. The molecule has 0 amide bonds. The third-order valence-electron chi connectivity index (χ3n) is 10.7. The Balaban J connectivity index is 1.44. The number of carbonyl (C=O) groups is 2. The summed E-state index contributed by atoms with van der Waals surface area (Å²) in [7, 11) is 0. The van der Waals surface area contributed by atoms with Gasteiger partial charge in [0.05, 0.1) is 24.4 Å². The van der Waals surface area contributed by atoms with E-state index in [4.69, 9.17) is 10.5 Å². The molecule has 1 atom stereocenters. The maximum atomic E-state index is 14.3. The van der Waals surface area contributed by atoms with Gasteiger partial charge in [-0.3, -0.25) is 9.59 Å². The quantitative estimate of drug-likeness (QED) is 0.242. The monoisotopic (exact) mass is 624 g/mol. The zero-order valence-corrected chi connectivity index (χ0v) is 27.1. The van der Waals surface area contributed by atoms with Crippen LogP contribution in [-0.4, -0.2) is 48.1 Å². The molecule has 3 aliphatic rings. The Morgan fingerprint density at radius 2 is 1.33 bits per heavy atom. The molecule has 46 heavy (non-hydrogen) atoms. The van der Waals surface area contributed by atoms with Crippen molar-refractivity contribution in [3.8, 4) is 0 Å². The lowest BCUT2D eigenvalue weighted by atomic mass is 9.72. The van der Waals surface area contributed by atoms with Crippen LogP contribution in [0.2, 0.25) is 0 Å². The first-order chi connectivity index (χ1) is 22.2. The van der Waals surface area contributed by atoms with E-state index in [1.807, 2.05) is 48.5 Å². The van der Waals surface area contributed by atoms with Crippen molar-refractivity contribution in [2.45, 2.75) is 94.3 Å². The van der Waals surface area contributed by atoms with Crippen LogP contribution in [0, 0.1) is 0 Å². The minimum absolute atomic E-state index is 0.178. The van der Waals surface area contributed by atoms with Gasteiger partial charge in [-0.1, -0.05) is 94.0 Å². The Labute approximate surface area is 272 Å². The molecule has 2 saturated carbocycles. The first-order valence-corrected chi connectivity index (χ1v) is 17.2. The number of benzene rings is 3. The molecular weight excluding hydrogens is 576 g/mol. The smallest absolute Gasteiger partial charge is 0.193 e. The van der Waals surface area contributed by atoms with E-state index in [0.717, 1.165) is 62.9 Å². The summed E-state index contributed by atoms with van der Waals surface area (Å²) in [6, 6.07) is 20.4. The number of anilines is 1. The Morgan fingerprint density at radius 1 is 0.783 bits per heavy atom. The molecule has 1 heterocycles. The van der Waals surface area contributed by atoms with Crippen molar-refractivity contribution in [2.75, 3.05) is 31.2 Å². The molecule has 2 aliphatic carbocycles. The first-order valence-electron chi connectivity index (χ1n) is 17.2. The molecule has 4 N–H and O–H groups in total. The van der Waals surface area contributed by atoms with Gasteiger partial charge in [0.1, 0.15) is 5.54 Å². The number of ether oxygens (including phenoxy) is 1. The fraction of sp³-hybridized carbons (Fsp3) is 0.487. The summed E-state index contributed by atoms with van der Waals surface area (Å²) in [5.74, 6) is -0.452. The average Bonchev–Trinajstić information content (AvgIpc) is 3.11. The van der Waals surface area contributed by atoms with Gasteiger partial charge in [0.25, 0.3) is 0 Å². The van der Waals surface area contributed by atoms with Gasteiger partial charge in [0.15, 0.2) is 11.6 Å². The SMILES string of the molecule is CCC(=O)C(N)(c1ccc(N2CCOCC2)cc1)c1cc(C2(O)CCCCC2)ccc1C(=O)c1ccc(C2(O)CCCCC2)cc1. The number of ketones is 2. The number of hydrogen-bond acceptors (Lipinski definition) is 7. The van der Waals surface area contributed by atoms with Gasteiger partial charge in [-0.2, -0.15) is 0 Å². The van der Waals surface area contributed by atoms with Crippen molar-refractivity contribution in [2.24, 2.45) is 5.73 Å². The maximum absolute atomic E-state index is 14.3. The Kier molecular flexibility index (Phi) is 9.49. The van der Waals surface area contributed by atoms with Crippen LogP contribution in [0.3, 0.4) is 0 Å². The predicted molar refractivity (Wildman–Crippen MR) is 180 cm³/mol. The van der Waals surface area contributed by atoms with Gasteiger partial charge in [-0.25, -0.2) is 0 Å². The number of hydrogen-bond donors (Lipinski definition) is 3. The zero-order chi connectivity index (χ0) is 32.4. The number of nitrogens with two attached hydrogens (primary N) is 1. The van der Waals surface area contributed by atoms with E-state index in [1.54, 1.807) is 25.1 Å². The van der Waals surface area contributed by atoms with Gasteiger partial charge in [0, 0.05) is 36.3 Å². The summed E-state index contributed by atoms with van der Waals surface area (Å²) in [6.07, 6.45) is 8.84. The molecule has 0 spiro atoms. The highest BCUT2D eigenvalue weighted by Crippen LogP contribution is 2.42. The second-order valence-electron chi connectivity index (χ2n) is 13.6. The van der Waals surface area contributed by atoms with Crippen molar-refractivity contribution < 1.29 is 24.5 Å². The third kappa shape index (κ3) is 6.18. The summed E-state index contributed by atoms with van der Waals surface area (Å²) in [5, 5.41) is 23.0. The van der Waals surface area contributed by atoms with Crippen LogP contribution in [0.4, 0.5) is 5.69 Å². The molecule has 3 aromatic carbocycles. The number of nitrogens with zero attached hydrogens (tertiary/aromatic N) is 1. The van der Waals surface area contributed by atoms with Gasteiger partial charge in [-0.15, -0.1) is 0 Å². The van der Waals surface area contributed by atoms with Crippen LogP contribution in [0.15, 0.2) is 66.7 Å². The molecule has 3 fully saturated rings. The van der Waals surface area contributed by atoms with E-state index in [1.165, 1.54) is 0 Å². The Hall–Kier alpha value is -3.36. The highest BCUT2D eigenvalue weighted by Gasteiger charge is 2.42. The molecule has 7 heteroatoms. The summed E-state index contributed by atoms with van der Waals surface area (Å²) < 4.78 is 5.52. The van der Waals surface area contributed by atoms with Crippen LogP contribution < -0.4 is 10.6 Å². The summed E-state index contributed by atoms with van der Waals surface area (Å²) in [6.45, 7) is 4.70. The molecule has 0 radical (unpaired) electrons. The van der Waals surface area contributed by atoms with E-state index in [0.29, 0.717) is 66.7 Å². The number of carbonyl (C=O) groups excluding carboxylic acids is 2. The van der Waals surface area contributed by atoms with Gasteiger partial charge in [0.2, 0.25) is 0 Å². The van der Waals surface area contributed by atoms with Crippen molar-refractivity contribution in [3.05, 3.63) is 100 Å². The molecule has 1 aliphatic heterocycles. The number of aliphatic hydroxyl groups is 2. The molecule has 1 saturated heterocycles. The molecule has 0 aromatic heterocycles. The lowest BCUT2D eigenvalue weighted by Crippen LogP contribution is -2.47. The third-order valence-corrected chi connectivity index (χ3v) is 10.7. The number of rotatable bonds is 9. The molecule has 0 bridgehead atoms. The van der Waals surface area contributed by atoms with E-state index in [9.17, 15) is 19.8 Å². The summed E-state index contributed by atoms with van der Waals surface area (Å²) >= 11 is 0. The molecule has 6 rings (SSSR count). The van der Waals surface area contributed by atoms with Crippen LogP contribution in [0.1, 0.15) is 116 Å². The highest BCUT2D eigenvalue weighted by atomic mass is 16.5. The van der Waals surface area contributed by atoms with E-state index < -0.39 is 16.7 Å². The van der Waals surface area contributed by atoms with Crippen LogP contribution in [-0.2, 0) is 26.3 Å². The Bertz CT molecular complexity index is 1530. The van der Waals surface area contributed by atoms with Gasteiger partial charge in [-0.05, 0) is 66.1 Å². The lowest BCUT2D eigenvalue weighted by molar-refractivity contribution is -0.122. The largest absolute Gasteiger partial charge is 0.385 e. The second kappa shape index (κ2) is 13.4. The minimum Gasteiger partial charge on any atom is -0.385 e. The maximum Gasteiger partial charge on any atom is 0.193 e. The topological polar surface area (TPSA) is 113 Å². The van der Waals surface area contributed by atoms with Gasteiger partial charge < -0.3 is 25.6 Å². The standard InChI is InChI=1S/C39H48N2O5/c1-2-35(42)39(40,30-13-16-32(17-14-30)41-23-25-46-26-24-41)34-27-31(38(45)21-7-4-8-22-38)15-18-33(34)36(43)28-9-11-29(12-10-28)37(44)19-5-3-6-20-37/h9-18,27,44-45H,2-8,19-26,40H2,1H3.